The van der Waals surface area contributed by atoms with Crippen LogP contribution in [0.15, 0.2) is 23.4 Å². The molecule has 1 aliphatic carbocycles. The van der Waals surface area contributed by atoms with Crippen LogP contribution in [-0.2, 0) is 0 Å². The smallest absolute Gasteiger partial charge is 0.252 e. The van der Waals surface area contributed by atoms with Crippen LogP contribution in [0.5, 0.6) is 0 Å². The molecule has 0 bridgehead atoms. The highest BCUT2D eigenvalue weighted by molar-refractivity contribution is 7.98. The highest BCUT2D eigenvalue weighted by Gasteiger charge is 2.25. The molecule has 1 saturated carbocycles. The lowest BCUT2D eigenvalue weighted by atomic mass is 10.1. The number of nitrogens with zero attached hydrogens (tertiary/aromatic N) is 1. The normalized spacial score (nSPS) is 23.0. The predicted molar refractivity (Wildman–Crippen MR) is 71.7 cm³/mol. The Kier molecular flexibility index (Phi) is 4.60. The first-order chi connectivity index (χ1) is 8.70. The Morgan fingerprint density at radius 3 is 2.94 bits per heavy atom. The van der Waals surface area contributed by atoms with E-state index in [0.717, 1.165) is 24.3 Å². The zero-order valence-corrected chi connectivity index (χ0v) is 11.2. The van der Waals surface area contributed by atoms with Crippen molar-refractivity contribution in [3.63, 3.8) is 0 Å². The van der Waals surface area contributed by atoms with Crippen LogP contribution in [0.1, 0.15) is 29.6 Å². The molecule has 1 heterocycles. The molecular formula is C13H18N2O2S. The molecule has 98 valence electrons. The van der Waals surface area contributed by atoms with Crippen molar-refractivity contribution in [2.24, 2.45) is 5.92 Å². The minimum absolute atomic E-state index is 0.116. The fraction of sp³-hybridized carbons (Fsp3) is 0.538. The average molecular weight is 266 g/mol. The summed E-state index contributed by atoms with van der Waals surface area (Å²) < 4.78 is 0. The first-order valence-electron chi connectivity index (χ1n) is 6.17. The fourth-order valence-corrected chi connectivity index (χ4v) is 2.58. The monoisotopic (exact) mass is 266 g/mol. The molecule has 1 aliphatic rings. The number of thioether (sulfide) groups is 1. The average Bonchev–Trinajstić information content (AvgIpc) is 2.81. The lowest BCUT2D eigenvalue weighted by Crippen LogP contribution is -2.32. The Bertz CT molecular complexity index is 408. The molecule has 1 aromatic rings. The highest BCUT2D eigenvalue weighted by atomic mass is 32.2. The van der Waals surface area contributed by atoms with Crippen LogP contribution < -0.4 is 5.32 Å². The van der Waals surface area contributed by atoms with E-state index in [9.17, 15) is 9.90 Å². The van der Waals surface area contributed by atoms with Gasteiger partial charge in [0.2, 0.25) is 0 Å². The van der Waals surface area contributed by atoms with Gasteiger partial charge in [0.15, 0.2) is 0 Å². The van der Waals surface area contributed by atoms with Crippen LogP contribution in [0.4, 0.5) is 0 Å². The third kappa shape index (κ3) is 3.23. The number of nitrogens with one attached hydrogen (secondary N) is 1. The Balaban J connectivity index is 1.87. The second-order valence-electron chi connectivity index (χ2n) is 4.56. The SMILES string of the molecule is CSc1ccc(C(=O)NCC2CCCC2O)cn1. The molecule has 2 atom stereocenters. The second-order valence-corrected chi connectivity index (χ2v) is 5.38. The third-order valence-electron chi connectivity index (χ3n) is 3.35. The zero-order chi connectivity index (χ0) is 13.0. The molecule has 0 aliphatic heterocycles. The van der Waals surface area contributed by atoms with E-state index >= 15 is 0 Å². The molecule has 2 N–H and O–H groups in total. The Labute approximate surface area is 111 Å². The Morgan fingerprint density at radius 2 is 2.39 bits per heavy atom. The quantitative estimate of drug-likeness (QED) is 0.814. The van der Waals surface area contributed by atoms with Crippen LogP contribution in [0.25, 0.3) is 0 Å². The van der Waals surface area contributed by atoms with Crippen molar-refractivity contribution < 1.29 is 9.90 Å². The van der Waals surface area contributed by atoms with Crippen LogP contribution in [0, 0.1) is 5.92 Å². The minimum atomic E-state index is -0.262. The fourth-order valence-electron chi connectivity index (χ4n) is 2.22. The number of hydrogen-bond acceptors (Lipinski definition) is 4. The summed E-state index contributed by atoms with van der Waals surface area (Å²) >= 11 is 1.55. The lowest BCUT2D eigenvalue weighted by Gasteiger charge is -2.14. The maximum atomic E-state index is 11.9. The molecule has 1 fully saturated rings. The van der Waals surface area contributed by atoms with Crippen molar-refractivity contribution in [2.45, 2.75) is 30.4 Å². The van der Waals surface area contributed by atoms with Gasteiger partial charge in [0.05, 0.1) is 16.7 Å². The van der Waals surface area contributed by atoms with Gasteiger partial charge in [0.1, 0.15) is 0 Å². The van der Waals surface area contributed by atoms with E-state index in [4.69, 9.17) is 0 Å². The molecule has 5 heteroatoms. The van der Waals surface area contributed by atoms with Crippen molar-refractivity contribution >= 4 is 17.7 Å². The topological polar surface area (TPSA) is 62.2 Å². The number of carbonyl (C=O) groups excluding carboxylic acids is 1. The molecule has 2 rings (SSSR count). The molecule has 2 unspecified atom stereocenters. The molecule has 4 nitrogen and oxygen atoms in total. The van der Waals surface area contributed by atoms with Crippen molar-refractivity contribution in [1.29, 1.82) is 0 Å². The summed E-state index contributed by atoms with van der Waals surface area (Å²) in [5.41, 5.74) is 0.570. The molecule has 0 spiro atoms. The summed E-state index contributed by atoms with van der Waals surface area (Å²) in [5, 5.41) is 13.4. The van der Waals surface area contributed by atoms with E-state index in [1.54, 1.807) is 24.0 Å². The van der Waals surface area contributed by atoms with Gasteiger partial charge in [-0.25, -0.2) is 4.98 Å². The van der Waals surface area contributed by atoms with Crippen molar-refractivity contribution in [3.8, 4) is 0 Å². The number of pyridine rings is 1. The van der Waals surface area contributed by atoms with Crippen LogP contribution in [0.3, 0.4) is 0 Å². The van der Waals surface area contributed by atoms with Gasteiger partial charge in [-0.2, -0.15) is 0 Å². The summed E-state index contributed by atoms with van der Waals surface area (Å²) in [4.78, 5) is 16.0. The number of rotatable bonds is 4. The van der Waals surface area contributed by atoms with Gasteiger partial charge in [-0.3, -0.25) is 4.79 Å². The lowest BCUT2D eigenvalue weighted by molar-refractivity contribution is 0.0916. The minimum Gasteiger partial charge on any atom is -0.393 e. The van der Waals surface area contributed by atoms with Crippen LogP contribution in [-0.4, -0.2) is 34.9 Å². The molecule has 0 saturated heterocycles. The zero-order valence-electron chi connectivity index (χ0n) is 10.4. The maximum absolute atomic E-state index is 11.9. The molecule has 0 aromatic carbocycles. The molecule has 18 heavy (non-hydrogen) atoms. The van der Waals surface area contributed by atoms with Crippen molar-refractivity contribution in [2.75, 3.05) is 12.8 Å². The van der Waals surface area contributed by atoms with Crippen molar-refractivity contribution in [1.82, 2.24) is 10.3 Å². The van der Waals surface area contributed by atoms with E-state index in [1.165, 1.54) is 0 Å². The number of aliphatic hydroxyl groups is 1. The number of carbonyl (C=O) groups is 1. The van der Waals surface area contributed by atoms with Gasteiger partial charge in [-0.15, -0.1) is 11.8 Å². The van der Waals surface area contributed by atoms with Gasteiger partial charge < -0.3 is 10.4 Å². The highest BCUT2D eigenvalue weighted by Crippen LogP contribution is 2.24. The second kappa shape index (κ2) is 6.20. The van der Waals surface area contributed by atoms with Gasteiger partial charge in [0.25, 0.3) is 5.91 Å². The van der Waals surface area contributed by atoms with Gasteiger partial charge in [-0.1, -0.05) is 6.42 Å². The van der Waals surface area contributed by atoms with Crippen LogP contribution in [0.2, 0.25) is 0 Å². The van der Waals surface area contributed by atoms with Gasteiger partial charge >= 0.3 is 0 Å². The van der Waals surface area contributed by atoms with E-state index < -0.39 is 0 Å². The van der Waals surface area contributed by atoms with Gasteiger partial charge in [0, 0.05) is 18.7 Å². The van der Waals surface area contributed by atoms with Crippen molar-refractivity contribution in [3.05, 3.63) is 23.9 Å². The first kappa shape index (κ1) is 13.4. The first-order valence-corrected chi connectivity index (χ1v) is 7.39. The van der Waals surface area contributed by atoms with Gasteiger partial charge in [-0.05, 0) is 31.2 Å². The van der Waals surface area contributed by atoms with E-state index in [2.05, 4.69) is 10.3 Å². The molecular weight excluding hydrogens is 248 g/mol. The number of aromatic nitrogens is 1. The molecule has 1 amide bonds. The number of amides is 1. The standard InChI is InChI=1S/C13H18N2O2S/c1-18-12-6-5-10(8-14-12)13(17)15-7-9-3-2-4-11(9)16/h5-6,8-9,11,16H,2-4,7H2,1H3,(H,15,17). The molecule has 0 radical (unpaired) electrons. The number of aliphatic hydroxyl groups excluding tert-OH is 1. The number of hydrogen-bond donors (Lipinski definition) is 2. The summed E-state index contributed by atoms with van der Waals surface area (Å²) in [6.07, 6.45) is 6.17. The largest absolute Gasteiger partial charge is 0.393 e. The summed E-state index contributed by atoms with van der Waals surface area (Å²) in [7, 11) is 0. The summed E-state index contributed by atoms with van der Waals surface area (Å²) in [5.74, 6) is 0.0848. The predicted octanol–water partition coefficient (Wildman–Crippen LogP) is 1.69. The Hall–Kier alpha value is -1.07. The summed E-state index contributed by atoms with van der Waals surface area (Å²) in [6, 6.07) is 3.61. The van der Waals surface area contributed by atoms with E-state index in [1.807, 2.05) is 12.3 Å². The summed E-state index contributed by atoms with van der Waals surface area (Å²) in [6.45, 7) is 0.546. The molecule has 1 aromatic heterocycles. The van der Waals surface area contributed by atoms with Crippen LogP contribution >= 0.6 is 11.8 Å². The maximum Gasteiger partial charge on any atom is 0.252 e. The Morgan fingerprint density at radius 1 is 1.56 bits per heavy atom. The third-order valence-corrected chi connectivity index (χ3v) is 4.01. The van der Waals surface area contributed by atoms with E-state index in [-0.39, 0.29) is 17.9 Å². The van der Waals surface area contributed by atoms with E-state index in [0.29, 0.717) is 12.1 Å².